The van der Waals surface area contributed by atoms with Crippen molar-refractivity contribution in [1.29, 1.82) is 0 Å². The molecule has 5 heteroatoms. The van der Waals surface area contributed by atoms with E-state index in [2.05, 4.69) is 89.8 Å². The number of hydrogen-bond donors (Lipinski definition) is 0. The van der Waals surface area contributed by atoms with Gasteiger partial charge >= 0.3 is 0 Å². The third-order valence-electron chi connectivity index (χ3n) is 7.49. The largest absolute Gasteiger partial charge is 0.496 e. The summed E-state index contributed by atoms with van der Waals surface area (Å²) in [6.07, 6.45) is 0. The Bertz CT molecular complexity index is 1240. The second kappa shape index (κ2) is 12.5. The van der Waals surface area contributed by atoms with E-state index in [9.17, 15) is 0 Å². The van der Waals surface area contributed by atoms with Crippen molar-refractivity contribution < 1.29 is 18.9 Å². The molecule has 0 spiro atoms. The molecule has 0 radical (unpaired) electrons. The average Bonchev–Trinajstić information content (AvgIpc) is 2.90. The van der Waals surface area contributed by atoms with Crippen LogP contribution < -0.4 is 23.8 Å². The van der Waals surface area contributed by atoms with E-state index in [1.54, 1.807) is 28.4 Å². The first-order valence-electron chi connectivity index (χ1n) is 13.5. The molecule has 5 nitrogen and oxygen atoms in total. The summed E-state index contributed by atoms with van der Waals surface area (Å²) in [6.45, 7) is 17.0. The number of anilines is 1. The number of nitrogens with zero attached hydrogens (tertiary/aromatic N) is 1. The highest BCUT2D eigenvalue weighted by Gasteiger charge is 2.33. The quantitative estimate of drug-likeness (QED) is 0.242. The van der Waals surface area contributed by atoms with E-state index in [-0.39, 0.29) is 5.92 Å². The Hall–Kier alpha value is -3.34. The van der Waals surface area contributed by atoms with Crippen LogP contribution in [0.5, 0.6) is 23.0 Å². The lowest BCUT2D eigenvalue weighted by molar-refractivity contribution is 0.378. The van der Waals surface area contributed by atoms with Gasteiger partial charge in [0, 0.05) is 47.5 Å². The summed E-state index contributed by atoms with van der Waals surface area (Å²) < 4.78 is 24.2. The molecular weight excluding hydrogens is 474 g/mol. The van der Waals surface area contributed by atoms with Gasteiger partial charge in [0.05, 0.1) is 28.4 Å². The molecular formula is C33H45NO4. The Morgan fingerprint density at radius 3 is 1.50 bits per heavy atom. The Morgan fingerprint density at radius 1 is 0.605 bits per heavy atom. The van der Waals surface area contributed by atoms with Crippen LogP contribution in [0.3, 0.4) is 0 Å². The normalized spacial score (nSPS) is 11.9. The maximum atomic E-state index is 6.13. The molecule has 0 aliphatic carbocycles. The van der Waals surface area contributed by atoms with Gasteiger partial charge in [0.25, 0.3) is 0 Å². The summed E-state index contributed by atoms with van der Waals surface area (Å²) >= 11 is 0. The van der Waals surface area contributed by atoms with Gasteiger partial charge in [-0.05, 0) is 87.1 Å². The van der Waals surface area contributed by atoms with E-state index < -0.39 is 0 Å². The van der Waals surface area contributed by atoms with Crippen molar-refractivity contribution in [3.05, 3.63) is 75.3 Å². The molecule has 206 valence electrons. The van der Waals surface area contributed by atoms with Crippen LogP contribution in [0, 0.1) is 20.8 Å². The summed E-state index contributed by atoms with van der Waals surface area (Å²) in [7, 11) is 6.93. The number of hydrogen-bond acceptors (Lipinski definition) is 5. The monoisotopic (exact) mass is 519 g/mol. The van der Waals surface area contributed by atoms with Crippen LogP contribution in [-0.4, -0.2) is 41.5 Å². The molecule has 0 aliphatic rings. The topological polar surface area (TPSA) is 40.2 Å². The summed E-state index contributed by atoms with van der Waals surface area (Å²) in [6, 6.07) is 13.0. The average molecular weight is 520 g/mol. The summed E-state index contributed by atoms with van der Waals surface area (Å²) in [5.74, 6) is 3.35. The smallest absolute Gasteiger partial charge is 0.127 e. The van der Waals surface area contributed by atoms with Crippen molar-refractivity contribution in [3.63, 3.8) is 0 Å². The predicted octanol–water partition coefficient (Wildman–Crippen LogP) is 7.80. The van der Waals surface area contributed by atoms with Crippen LogP contribution in [-0.2, 0) is 0 Å². The van der Waals surface area contributed by atoms with Gasteiger partial charge in [-0.3, -0.25) is 0 Å². The van der Waals surface area contributed by atoms with Gasteiger partial charge in [-0.2, -0.15) is 0 Å². The molecule has 1 unspecified atom stereocenters. The molecule has 0 saturated carbocycles. The molecule has 0 bridgehead atoms. The van der Waals surface area contributed by atoms with Crippen LogP contribution in [0.4, 0.5) is 5.69 Å². The fourth-order valence-electron chi connectivity index (χ4n) is 5.51. The summed E-state index contributed by atoms with van der Waals surface area (Å²) in [5, 5.41) is 0. The zero-order chi connectivity index (χ0) is 28.1. The Morgan fingerprint density at radius 2 is 1.05 bits per heavy atom. The Balaban J connectivity index is 2.52. The van der Waals surface area contributed by atoms with Gasteiger partial charge in [0.1, 0.15) is 23.0 Å². The second-order valence-electron chi connectivity index (χ2n) is 10.2. The molecule has 3 rings (SSSR count). The zero-order valence-electron chi connectivity index (χ0n) is 25.1. The fourth-order valence-corrected chi connectivity index (χ4v) is 5.51. The molecule has 0 N–H and O–H groups in total. The highest BCUT2D eigenvalue weighted by molar-refractivity contribution is 5.67. The van der Waals surface area contributed by atoms with Gasteiger partial charge in [-0.25, -0.2) is 0 Å². The van der Waals surface area contributed by atoms with E-state index in [0.717, 1.165) is 75.2 Å². The van der Waals surface area contributed by atoms with E-state index in [1.807, 2.05) is 0 Å². The van der Waals surface area contributed by atoms with E-state index >= 15 is 0 Å². The first-order valence-corrected chi connectivity index (χ1v) is 13.5. The molecule has 38 heavy (non-hydrogen) atoms. The van der Waals surface area contributed by atoms with Gasteiger partial charge in [0.15, 0.2) is 0 Å². The highest BCUT2D eigenvalue weighted by atomic mass is 16.5. The Labute approximate surface area is 229 Å². The SMILES string of the molecule is CCN(CC)c1cc(C)c(C(c2c(C)cc(C(C)C)cc2OC)c2c(OC)cc(C)cc2OC)c(OC)c1. The molecule has 1 atom stereocenters. The molecule has 3 aromatic carbocycles. The van der Waals surface area contributed by atoms with E-state index in [4.69, 9.17) is 18.9 Å². The predicted molar refractivity (Wildman–Crippen MR) is 158 cm³/mol. The third-order valence-corrected chi connectivity index (χ3v) is 7.49. The number of aryl methyl sites for hydroxylation is 3. The summed E-state index contributed by atoms with van der Waals surface area (Å²) in [4.78, 5) is 2.34. The minimum Gasteiger partial charge on any atom is -0.496 e. The van der Waals surface area contributed by atoms with E-state index in [1.165, 1.54) is 5.56 Å². The molecule has 0 aromatic heterocycles. The molecule has 0 heterocycles. The number of methoxy groups -OCH3 is 4. The molecule has 0 fully saturated rings. The molecule has 0 saturated heterocycles. The lowest BCUT2D eigenvalue weighted by Gasteiger charge is -2.31. The van der Waals surface area contributed by atoms with Crippen LogP contribution in [0.25, 0.3) is 0 Å². The lowest BCUT2D eigenvalue weighted by Crippen LogP contribution is -2.22. The van der Waals surface area contributed by atoms with Crippen LogP contribution >= 0.6 is 0 Å². The fraction of sp³-hybridized carbons (Fsp3) is 0.455. The lowest BCUT2D eigenvalue weighted by atomic mass is 9.78. The maximum absolute atomic E-state index is 6.13. The minimum absolute atomic E-state index is 0.252. The number of ether oxygens (including phenoxy) is 4. The number of rotatable bonds is 11. The highest BCUT2D eigenvalue weighted by Crippen LogP contribution is 2.51. The standard InChI is InChI=1S/C33H45NO4/c1-12-34(13-2)25-17-23(7)31(29(19-25)38-11)33(32-26(35-8)14-21(5)15-27(32)36-9)30-22(6)16-24(20(3)4)18-28(30)37-10/h14-20,33H,12-13H2,1-11H3. The third kappa shape index (κ3) is 5.57. The van der Waals surface area contributed by atoms with Crippen molar-refractivity contribution in [1.82, 2.24) is 0 Å². The van der Waals surface area contributed by atoms with Gasteiger partial charge in [0.2, 0.25) is 0 Å². The van der Waals surface area contributed by atoms with Gasteiger partial charge < -0.3 is 23.8 Å². The number of benzene rings is 3. The zero-order valence-corrected chi connectivity index (χ0v) is 25.1. The van der Waals surface area contributed by atoms with Crippen molar-refractivity contribution in [2.75, 3.05) is 46.4 Å². The maximum Gasteiger partial charge on any atom is 0.127 e. The van der Waals surface area contributed by atoms with Crippen molar-refractivity contribution >= 4 is 5.69 Å². The van der Waals surface area contributed by atoms with Crippen LogP contribution in [0.15, 0.2) is 36.4 Å². The van der Waals surface area contributed by atoms with E-state index in [0.29, 0.717) is 5.92 Å². The first kappa shape index (κ1) is 29.2. The second-order valence-corrected chi connectivity index (χ2v) is 10.2. The van der Waals surface area contributed by atoms with Gasteiger partial charge in [-0.15, -0.1) is 0 Å². The Kier molecular flexibility index (Phi) is 9.59. The molecule has 0 amide bonds. The first-order chi connectivity index (χ1) is 18.1. The summed E-state index contributed by atoms with van der Waals surface area (Å²) in [5.41, 5.74) is 8.85. The van der Waals surface area contributed by atoms with Gasteiger partial charge in [-0.1, -0.05) is 19.9 Å². The van der Waals surface area contributed by atoms with Crippen molar-refractivity contribution in [3.8, 4) is 23.0 Å². The molecule has 3 aromatic rings. The van der Waals surface area contributed by atoms with Crippen molar-refractivity contribution in [2.24, 2.45) is 0 Å². The van der Waals surface area contributed by atoms with Crippen LogP contribution in [0.1, 0.15) is 78.5 Å². The minimum atomic E-state index is -0.252. The van der Waals surface area contributed by atoms with Crippen molar-refractivity contribution in [2.45, 2.75) is 60.3 Å². The molecule has 0 aliphatic heterocycles. The van der Waals surface area contributed by atoms with Crippen LogP contribution in [0.2, 0.25) is 0 Å².